The first-order chi connectivity index (χ1) is 13.2. The second kappa shape index (κ2) is 7.67. The lowest BCUT2D eigenvalue weighted by Crippen LogP contribution is -2.48. The third kappa shape index (κ3) is 3.87. The van der Waals surface area contributed by atoms with Gasteiger partial charge in [-0.15, -0.1) is 5.10 Å². The largest absolute Gasteiger partial charge is 0.353 e. The summed E-state index contributed by atoms with van der Waals surface area (Å²) in [6.45, 7) is 6.96. The summed E-state index contributed by atoms with van der Waals surface area (Å²) in [4.78, 5) is 25.5. The monoisotopic (exact) mass is 366 g/mol. The number of aromatic nitrogens is 6. The van der Waals surface area contributed by atoms with Crippen molar-refractivity contribution in [3.8, 4) is 5.82 Å². The van der Waals surface area contributed by atoms with Gasteiger partial charge in [0.25, 0.3) is 5.56 Å². The van der Waals surface area contributed by atoms with E-state index in [2.05, 4.69) is 30.0 Å². The predicted octanol–water partition coefficient (Wildman–Crippen LogP) is 0.350. The maximum Gasteiger partial charge on any atom is 0.266 e. The van der Waals surface area contributed by atoms with Crippen LogP contribution in [0, 0.1) is 6.92 Å². The predicted molar refractivity (Wildman–Crippen MR) is 101 cm³/mol. The molecule has 9 nitrogen and oxygen atoms in total. The molecule has 0 unspecified atom stereocenters. The zero-order valence-electron chi connectivity index (χ0n) is 15.3. The fourth-order valence-corrected chi connectivity index (χ4v) is 3.25. The fraction of sp³-hybridized carbons (Fsp3) is 0.389. The van der Waals surface area contributed by atoms with Crippen LogP contribution in [0.4, 0.5) is 5.82 Å². The number of nitrogens with zero attached hydrogens (tertiary/aromatic N) is 8. The number of piperazine rings is 1. The molecule has 140 valence electrons. The molecule has 0 amide bonds. The van der Waals surface area contributed by atoms with Crippen LogP contribution in [0.2, 0.25) is 0 Å². The van der Waals surface area contributed by atoms with Crippen LogP contribution in [0.15, 0.2) is 47.8 Å². The lowest BCUT2D eigenvalue weighted by molar-refractivity contribution is 0.242. The molecule has 9 heteroatoms. The summed E-state index contributed by atoms with van der Waals surface area (Å²) in [5, 5.41) is 8.59. The number of aryl methyl sites for hydroxylation is 1. The third-order valence-electron chi connectivity index (χ3n) is 4.75. The molecular weight excluding hydrogens is 344 g/mol. The molecule has 1 aliphatic heterocycles. The molecule has 0 spiro atoms. The normalized spacial score (nSPS) is 15.2. The Bertz CT molecular complexity index is 944. The van der Waals surface area contributed by atoms with Crippen LogP contribution in [0.1, 0.15) is 5.69 Å². The molecule has 0 saturated carbocycles. The number of hydrogen-bond acceptors (Lipinski definition) is 7. The summed E-state index contributed by atoms with van der Waals surface area (Å²) in [7, 11) is 0. The average molecular weight is 366 g/mol. The number of rotatable bonds is 5. The molecule has 0 bridgehead atoms. The summed E-state index contributed by atoms with van der Waals surface area (Å²) in [6.07, 6.45) is 6.96. The Hall–Kier alpha value is -3.07. The van der Waals surface area contributed by atoms with Crippen molar-refractivity contribution in [1.82, 2.24) is 34.4 Å². The molecule has 0 atom stereocenters. The molecule has 1 aliphatic rings. The molecule has 0 aliphatic carbocycles. The van der Waals surface area contributed by atoms with Crippen molar-refractivity contribution < 1.29 is 0 Å². The SMILES string of the molecule is Cc1nccnc1N1CCN(CCn2nc(-n3cccn3)ccc2=O)CC1. The van der Waals surface area contributed by atoms with E-state index >= 15 is 0 Å². The van der Waals surface area contributed by atoms with Crippen molar-refractivity contribution in [2.24, 2.45) is 0 Å². The molecule has 27 heavy (non-hydrogen) atoms. The molecule has 3 aromatic rings. The molecule has 0 radical (unpaired) electrons. The van der Waals surface area contributed by atoms with Crippen LogP contribution in [-0.2, 0) is 6.54 Å². The highest BCUT2D eigenvalue weighted by Crippen LogP contribution is 2.15. The number of anilines is 1. The molecule has 0 N–H and O–H groups in total. The van der Waals surface area contributed by atoms with Crippen LogP contribution in [0.5, 0.6) is 0 Å². The van der Waals surface area contributed by atoms with Crippen molar-refractivity contribution >= 4 is 5.82 Å². The smallest absolute Gasteiger partial charge is 0.266 e. The Kier molecular flexibility index (Phi) is 4.93. The first-order valence-electron chi connectivity index (χ1n) is 9.04. The molecule has 0 aromatic carbocycles. The van der Waals surface area contributed by atoms with Crippen LogP contribution in [0.3, 0.4) is 0 Å². The highest BCUT2D eigenvalue weighted by Gasteiger charge is 2.19. The maximum absolute atomic E-state index is 12.1. The Morgan fingerprint density at radius 3 is 2.56 bits per heavy atom. The summed E-state index contributed by atoms with van der Waals surface area (Å²) < 4.78 is 3.16. The van der Waals surface area contributed by atoms with Gasteiger partial charge in [0, 0.05) is 63.6 Å². The lowest BCUT2D eigenvalue weighted by Gasteiger charge is -2.35. The van der Waals surface area contributed by atoms with E-state index < -0.39 is 0 Å². The highest BCUT2D eigenvalue weighted by atomic mass is 16.1. The molecule has 4 rings (SSSR count). The van der Waals surface area contributed by atoms with E-state index in [4.69, 9.17) is 0 Å². The van der Waals surface area contributed by atoms with Crippen LogP contribution < -0.4 is 10.5 Å². The second-order valence-electron chi connectivity index (χ2n) is 6.50. The van der Waals surface area contributed by atoms with E-state index in [0.717, 1.165) is 44.2 Å². The van der Waals surface area contributed by atoms with Crippen molar-refractivity contribution in [1.29, 1.82) is 0 Å². The first kappa shape index (κ1) is 17.3. The van der Waals surface area contributed by atoms with Crippen LogP contribution >= 0.6 is 0 Å². The van der Waals surface area contributed by atoms with Gasteiger partial charge in [-0.05, 0) is 19.1 Å². The van der Waals surface area contributed by atoms with E-state index in [0.29, 0.717) is 12.4 Å². The highest BCUT2D eigenvalue weighted by molar-refractivity contribution is 5.42. The van der Waals surface area contributed by atoms with E-state index in [1.165, 1.54) is 4.68 Å². The Morgan fingerprint density at radius 1 is 1.00 bits per heavy atom. The zero-order valence-corrected chi connectivity index (χ0v) is 15.3. The van der Waals surface area contributed by atoms with E-state index in [1.54, 1.807) is 35.4 Å². The van der Waals surface area contributed by atoms with E-state index in [9.17, 15) is 4.79 Å². The van der Waals surface area contributed by atoms with Gasteiger partial charge < -0.3 is 4.90 Å². The van der Waals surface area contributed by atoms with Crippen molar-refractivity contribution in [3.05, 3.63) is 59.0 Å². The van der Waals surface area contributed by atoms with Crippen LogP contribution in [-0.4, -0.2) is 67.2 Å². The van der Waals surface area contributed by atoms with Crippen molar-refractivity contribution in [2.45, 2.75) is 13.5 Å². The lowest BCUT2D eigenvalue weighted by atomic mass is 10.3. The van der Waals surface area contributed by atoms with Crippen molar-refractivity contribution in [3.63, 3.8) is 0 Å². The standard InChI is InChI=1S/C18H22N8O/c1-15-18(20-7-6-19-15)24-12-9-23(10-13-24)11-14-26-17(27)4-3-16(22-26)25-8-2-5-21-25/h2-8H,9-14H2,1H3. The minimum absolute atomic E-state index is 0.0975. The summed E-state index contributed by atoms with van der Waals surface area (Å²) >= 11 is 0. The Labute approximate surface area is 156 Å². The van der Waals surface area contributed by atoms with Gasteiger partial charge in [0.15, 0.2) is 5.82 Å². The molecular formula is C18H22N8O. The Balaban J connectivity index is 1.36. The van der Waals surface area contributed by atoms with Gasteiger partial charge >= 0.3 is 0 Å². The maximum atomic E-state index is 12.1. The fourth-order valence-electron chi connectivity index (χ4n) is 3.25. The van der Waals surface area contributed by atoms with E-state index in [1.807, 2.05) is 19.2 Å². The minimum Gasteiger partial charge on any atom is -0.353 e. The number of hydrogen-bond donors (Lipinski definition) is 0. The van der Waals surface area contributed by atoms with Gasteiger partial charge in [0.05, 0.1) is 12.2 Å². The van der Waals surface area contributed by atoms with Gasteiger partial charge in [-0.1, -0.05) is 0 Å². The van der Waals surface area contributed by atoms with Gasteiger partial charge in [-0.2, -0.15) is 5.10 Å². The quantitative estimate of drug-likeness (QED) is 0.644. The van der Waals surface area contributed by atoms with E-state index in [-0.39, 0.29) is 5.56 Å². The van der Waals surface area contributed by atoms with Crippen LogP contribution in [0.25, 0.3) is 5.82 Å². The van der Waals surface area contributed by atoms with Gasteiger partial charge in [-0.25, -0.2) is 14.3 Å². The molecule has 4 heterocycles. The topological polar surface area (TPSA) is 85.0 Å². The average Bonchev–Trinajstić information content (AvgIpc) is 3.23. The molecule has 1 fully saturated rings. The molecule has 3 aromatic heterocycles. The van der Waals surface area contributed by atoms with Gasteiger partial charge in [0.2, 0.25) is 0 Å². The zero-order chi connectivity index (χ0) is 18.6. The summed E-state index contributed by atoms with van der Waals surface area (Å²) in [5.41, 5.74) is 0.858. The first-order valence-corrected chi connectivity index (χ1v) is 9.04. The van der Waals surface area contributed by atoms with Gasteiger partial charge in [-0.3, -0.25) is 14.7 Å². The molecule has 1 saturated heterocycles. The second-order valence-corrected chi connectivity index (χ2v) is 6.50. The summed E-state index contributed by atoms with van der Waals surface area (Å²) in [6, 6.07) is 5.06. The Morgan fingerprint density at radius 2 is 1.81 bits per heavy atom. The third-order valence-corrected chi connectivity index (χ3v) is 4.75. The minimum atomic E-state index is -0.0975. The summed E-state index contributed by atoms with van der Waals surface area (Å²) in [5.74, 6) is 1.60. The van der Waals surface area contributed by atoms with Gasteiger partial charge in [0.1, 0.15) is 5.82 Å². The van der Waals surface area contributed by atoms with Crippen molar-refractivity contribution in [2.75, 3.05) is 37.6 Å².